The molecule has 0 aromatic heterocycles. The summed E-state index contributed by atoms with van der Waals surface area (Å²) in [5.41, 5.74) is 5.29. The monoisotopic (exact) mass is 316 g/mol. The maximum Gasteiger partial charge on any atom is 0.244 e. The predicted molar refractivity (Wildman–Crippen MR) is 79.5 cm³/mol. The Morgan fingerprint density at radius 3 is 2.75 bits per heavy atom. The SMILES string of the molecule is CC1CCCCN1S(=O)(=O)c1cccc(F)c1C(N)=S. The maximum atomic E-state index is 13.8. The topological polar surface area (TPSA) is 63.4 Å². The summed E-state index contributed by atoms with van der Waals surface area (Å²) in [6.07, 6.45) is 2.61. The molecule has 2 rings (SSSR count). The number of nitrogens with two attached hydrogens (primary N) is 1. The lowest BCUT2D eigenvalue weighted by Gasteiger charge is -2.32. The lowest BCUT2D eigenvalue weighted by atomic mass is 10.1. The summed E-state index contributed by atoms with van der Waals surface area (Å²) in [5, 5.41) is 0. The van der Waals surface area contributed by atoms with Crippen molar-refractivity contribution >= 4 is 27.2 Å². The molecule has 0 radical (unpaired) electrons. The van der Waals surface area contributed by atoms with E-state index in [0.717, 1.165) is 25.3 Å². The normalized spacial score (nSPS) is 20.8. The van der Waals surface area contributed by atoms with E-state index in [4.69, 9.17) is 18.0 Å². The van der Waals surface area contributed by atoms with Gasteiger partial charge in [-0.3, -0.25) is 0 Å². The molecule has 1 aromatic carbocycles. The van der Waals surface area contributed by atoms with Gasteiger partial charge in [0, 0.05) is 12.6 Å². The number of halogens is 1. The number of piperidine rings is 1. The molecule has 1 aliphatic rings. The molecule has 0 spiro atoms. The lowest BCUT2D eigenvalue weighted by Crippen LogP contribution is -2.42. The van der Waals surface area contributed by atoms with Gasteiger partial charge in [0.1, 0.15) is 10.8 Å². The van der Waals surface area contributed by atoms with Gasteiger partial charge in [0.05, 0.1) is 10.5 Å². The first-order valence-electron chi connectivity index (χ1n) is 6.46. The Morgan fingerprint density at radius 2 is 2.15 bits per heavy atom. The molecule has 1 aromatic rings. The van der Waals surface area contributed by atoms with Crippen molar-refractivity contribution in [1.82, 2.24) is 4.31 Å². The lowest BCUT2D eigenvalue weighted by molar-refractivity contribution is 0.268. The maximum absolute atomic E-state index is 13.8. The van der Waals surface area contributed by atoms with Crippen LogP contribution in [0, 0.1) is 5.82 Å². The second-order valence-electron chi connectivity index (χ2n) is 4.94. The molecule has 4 nitrogen and oxygen atoms in total. The van der Waals surface area contributed by atoms with Crippen LogP contribution in [-0.4, -0.2) is 30.3 Å². The molecule has 1 saturated heterocycles. The number of hydrogen-bond donors (Lipinski definition) is 1. The van der Waals surface area contributed by atoms with Crippen molar-refractivity contribution in [3.63, 3.8) is 0 Å². The van der Waals surface area contributed by atoms with Gasteiger partial charge in [0.25, 0.3) is 0 Å². The standard InChI is InChI=1S/C13H17FN2O2S2/c1-9-5-2-3-8-16(9)20(17,18)11-7-4-6-10(14)12(11)13(15)19/h4,6-7,9H,2-3,5,8H2,1H3,(H2,15,19). The quantitative estimate of drug-likeness (QED) is 0.867. The first-order valence-corrected chi connectivity index (χ1v) is 8.30. The zero-order chi connectivity index (χ0) is 14.9. The minimum absolute atomic E-state index is 0.101. The summed E-state index contributed by atoms with van der Waals surface area (Å²) in [5.74, 6) is -0.705. The van der Waals surface area contributed by atoms with Gasteiger partial charge in [-0.2, -0.15) is 4.31 Å². The average molecular weight is 316 g/mol. The van der Waals surface area contributed by atoms with Crippen LogP contribution in [0.4, 0.5) is 4.39 Å². The van der Waals surface area contributed by atoms with Gasteiger partial charge >= 0.3 is 0 Å². The van der Waals surface area contributed by atoms with E-state index in [0.29, 0.717) is 6.54 Å². The summed E-state index contributed by atoms with van der Waals surface area (Å²) in [7, 11) is -3.78. The molecule has 1 fully saturated rings. The fourth-order valence-electron chi connectivity index (χ4n) is 2.51. The highest BCUT2D eigenvalue weighted by Gasteiger charge is 2.33. The molecule has 1 atom stereocenters. The van der Waals surface area contributed by atoms with Crippen LogP contribution in [0.25, 0.3) is 0 Å². The van der Waals surface area contributed by atoms with Gasteiger partial charge in [-0.15, -0.1) is 0 Å². The van der Waals surface area contributed by atoms with Gasteiger partial charge in [-0.25, -0.2) is 12.8 Å². The van der Waals surface area contributed by atoms with Crippen molar-refractivity contribution in [3.05, 3.63) is 29.6 Å². The molecular weight excluding hydrogens is 299 g/mol. The Balaban J connectivity index is 2.55. The fraction of sp³-hybridized carbons (Fsp3) is 0.462. The van der Waals surface area contributed by atoms with Crippen LogP contribution in [0.5, 0.6) is 0 Å². The van der Waals surface area contributed by atoms with E-state index in [-0.39, 0.29) is 21.5 Å². The minimum atomic E-state index is -3.78. The predicted octanol–water partition coefficient (Wildman–Crippen LogP) is 2.02. The molecule has 110 valence electrons. The highest BCUT2D eigenvalue weighted by molar-refractivity contribution is 7.89. The molecular formula is C13H17FN2O2S2. The Bertz CT molecular complexity index is 631. The van der Waals surface area contributed by atoms with Crippen molar-refractivity contribution in [1.29, 1.82) is 0 Å². The Hall–Kier alpha value is -1.05. The van der Waals surface area contributed by atoms with Crippen LogP contribution in [-0.2, 0) is 10.0 Å². The second kappa shape index (κ2) is 5.75. The van der Waals surface area contributed by atoms with Crippen molar-refractivity contribution in [2.24, 2.45) is 5.73 Å². The first-order chi connectivity index (χ1) is 9.35. The number of benzene rings is 1. The zero-order valence-electron chi connectivity index (χ0n) is 11.2. The van der Waals surface area contributed by atoms with E-state index in [1.54, 1.807) is 0 Å². The molecule has 20 heavy (non-hydrogen) atoms. The fourth-order valence-corrected chi connectivity index (χ4v) is 4.70. The van der Waals surface area contributed by atoms with Crippen LogP contribution in [0.2, 0.25) is 0 Å². The van der Waals surface area contributed by atoms with Gasteiger partial charge in [0.2, 0.25) is 10.0 Å². The molecule has 2 N–H and O–H groups in total. The molecule has 0 saturated carbocycles. The number of nitrogens with zero attached hydrogens (tertiary/aromatic N) is 1. The number of hydrogen-bond acceptors (Lipinski definition) is 3. The van der Waals surface area contributed by atoms with Gasteiger partial charge in [-0.1, -0.05) is 24.7 Å². The Morgan fingerprint density at radius 1 is 1.45 bits per heavy atom. The van der Waals surface area contributed by atoms with E-state index in [1.165, 1.54) is 16.4 Å². The summed E-state index contributed by atoms with van der Waals surface area (Å²) in [6.45, 7) is 2.30. The van der Waals surface area contributed by atoms with E-state index in [9.17, 15) is 12.8 Å². The highest BCUT2D eigenvalue weighted by atomic mass is 32.2. The number of rotatable bonds is 3. The van der Waals surface area contributed by atoms with Crippen molar-refractivity contribution in [3.8, 4) is 0 Å². The largest absolute Gasteiger partial charge is 0.389 e. The molecule has 1 heterocycles. The Labute approximate surface area is 123 Å². The summed E-state index contributed by atoms with van der Waals surface area (Å²) in [6, 6.07) is 3.77. The molecule has 1 aliphatic heterocycles. The highest BCUT2D eigenvalue weighted by Crippen LogP contribution is 2.28. The van der Waals surface area contributed by atoms with Crippen LogP contribution < -0.4 is 5.73 Å². The first kappa shape index (κ1) is 15.3. The molecule has 0 bridgehead atoms. The third-order valence-electron chi connectivity index (χ3n) is 3.55. The van der Waals surface area contributed by atoms with E-state index in [2.05, 4.69) is 0 Å². The summed E-state index contributed by atoms with van der Waals surface area (Å²) >= 11 is 4.79. The van der Waals surface area contributed by atoms with E-state index < -0.39 is 15.8 Å². The van der Waals surface area contributed by atoms with Gasteiger partial charge < -0.3 is 5.73 Å². The van der Waals surface area contributed by atoms with Crippen molar-refractivity contribution < 1.29 is 12.8 Å². The van der Waals surface area contributed by atoms with Crippen LogP contribution in [0.1, 0.15) is 31.7 Å². The van der Waals surface area contributed by atoms with Crippen molar-refractivity contribution in [2.45, 2.75) is 37.1 Å². The van der Waals surface area contributed by atoms with E-state index in [1.807, 2.05) is 6.92 Å². The smallest absolute Gasteiger partial charge is 0.244 e. The molecule has 0 aliphatic carbocycles. The third-order valence-corrected chi connectivity index (χ3v) is 5.81. The number of sulfonamides is 1. The van der Waals surface area contributed by atoms with Crippen LogP contribution in [0.15, 0.2) is 23.1 Å². The minimum Gasteiger partial charge on any atom is -0.389 e. The van der Waals surface area contributed by atoms with Crippen LogP contribution in [0.3, 0.4) is 0 Å². The third kappa shape index (κ3) is 2.70. The molecule has 7 heteroatoms. The van der Waals surface area contributed by atoms with Crippen molar-refractivity contribution in [2.75, 3.05) is 6.54 Å². The molecule has 0 amide bonds. The number of thiocarbonyl (C=S) groups is 1. The van der Waals surface area contributed by atoms with Crippen LogP contribution >= 0.6 is 12.2 Å². The van der Waals surface area contributed by atoms with E-state index >= 15 is 0 Å². The summed E-state index contributed by atoms with van der Waals surface area (Å²) in [4.78, 5) is -0.384. The average Bonchev–Trinajstić information content (AvgIpc) is 2.38. The zero-order valence-corrected chi connectivity index (χ0v) is 12.8. The summed E-state index contributed by atoms with van der Waals surface area (Å²) < 4.78 is 40.7. The van der Waals surface area contributed by atoms with Gasteiger partial charge in [0.15, 0.2) is 0 Å². The van der Waals surface area contributed by atoms with Gasteiger partial charge in [-0.05, 0) is 31.9 Å². The second-order valence-corrected chi connectivity index (χ2v) is 7.24. The molecule has 1 unspecified atom stereocenters. The Kier molecular flexibility index (Phi) is 4.41.